The molecule has 1 nitrogen and oxygen atoms in total. The molecule has 1 aliphatic rings. The van der Waals surface area contributed by atoms with Gasteiger partial charge in [0.1, 0.15) is 0 Å². The van der Waals surface area contributed by atoms with Crippen LogP contribution in [0.2, 0.25) is 19.1 Å². The Morgan fingerprint density at radius 2 is 1.63 bits per heavy atom. The maximum absolute atomic E-state index is 10.4. The van der Waals surface area contributed by atoms with Crippen molar-refractivity contribution in [1.82, 2.24) is 0 Å². The molecular weight excluding hydrogens is 288 g/mol. The van der Waals surface area contributed by atoms with Crippen molar-refractivity contribution >= 4 is 40.3 Å². The van der Waals surface area contributed by atoms with E-state index in [4.69, 9.17) is 0 Å². The Balaban J connectivity index is 0.00000162. The van der Waals surface area contributed by atoms with Crippen molar-refractivity contribution in [2.45, 2.75) is 50.9 Å². The van der Waals surface area contributed by atoms with Crippen LogP contribution >= 0.6 is 27.0 Å². The van der Waals surface area contributed by atoms with E-state index in [9.17, 15) is 5.11 Å². The standard InChI is InChI=1S/C15H24OSi.2H2S/c1-17(2,14-10-4-3-5-11-14)12-15(16)13-8-6-7-9-13;;/h3-5,10-11,13,15-16H,6-9,12H2,1-2H3;2*1H2/t15-;;/m1../s1. The van der Waals surface area contributed by atoms with Crippen LogP contribution in [0.15, 0.2) is 30.3 Å². The van der Waals surface area contributed by atoms with Crippen molar-refractivity contribution in [1.29, 1.82) is 0 Å². The van der Waals surface area contributed by atoms with Crippen molar-refractivity contribution in [2.24, 2.45) is 5.92 Å². The van der Waals surface area contributed by atoms with Gasteiger partial charge in [-0.15, -0.1) is 0 Å². The highest BCUT2D eigenvalue weighted by Gasteiger charge is 2.31. The Bertz CT molecular complexity index is 350. The van der Waals surface area contributed by atoms with Gasteiger partial charge in [0.2, 0.25) is 0 Å². The molecule has 1 aliphatic carbocycles. The van der Waals surface area contributed by atoms with E-state index in [0.717, 1.165) is 6.04 Å². The molecule has 1 saturated carbocycles. The smallest absolute Gasteiger partial charge is 0.0831 e. The molecule has 110 valence electrons. The van der Waals surface area contributed by atoms with E-state index in [0.29, 0.717) is 5.92 Å². The topological polar surface area (TPSA) is 20.2 Å². The van der Waals surface area contributed by atoms with Crippen molar-refractivity contribution in [3.05, 3.63) is 30.3 Å². The number of aliphatic hydroxyl groups excluding tert-OH is 1. The zero-order valence-electron chi connectivity index (χ0n) is 12.0. The molecule has 1 atom stereocenters. The highest BCUT2D eigenvalue weighted by molar-refractivity contribution is 7.59. The van der Waals surface area contributed by atoms with Crippen LogP contribution in [0.5, 0.6) is 0 Å². The quantitative estimate of drug-likeness (QED) is 0.844. The molecule has 2 rings (SSSR count). The maximum atomic E-state index is 10.4. The zero-order chi connectivity index (χ0) is 12.3. The first kappa shape index (κ1) is 19.1. The zero-order valence-corrected chi connectivity index (χ0v) is 15.0. The molecule has 0 bridgehead atoms. The Kier molecular flexibility index (Phi) is 8.44. The van der Waals surface area contributed by atoms with E-state index in [1.165, 1.54) is 30.9 Å². The van der Waals surface area contributed by atoms with Gasteiger partial charge in [-0.25, -0.2) is 0 Å². The van der Waals surface area contributed by atoms with Gasteiger partial charge < -0.3 is 5.11 Å². The molecule has 0 aliphatic heterocycles. The van der Waals surface area contributed by atoms with Gasteiger partial charge in [-0.1, -0.05) is 61.5 Å². The summed E-state index contributed by atoms with van der Waals surface area (Å²) in [4.78, 5) is 0. The molecule has 0 aromatic heterocycles. The molecule has 0 saturated heterocycles. The molecule has 0 heterocycles. The number of hydrogen-bond donors (Lipinski definition) is 1. The Hall–Kier alpha value is 0.0969. The summed E-state index contributed by atoms with van der Waals surface area (Å²) >= 11 is 0. The summed E-state index contributed by atoms with van der Waals surface area (Å²) in [5, 5.41) is 11.9. The Labute approximate surface area is 132 Å². The third-order valence-electron chi connectivity index (χ3n) is 4.22. The second kappa shape index (κ2) is 8.40. The normalized spacial score (nSPS) is 17.4. The molecule has 0 amide bonds. The van der Waals surface area contributed by atoms with Crippen molar-refractivity contribution in [2.75, 3.05) is 0 Å². The molecule has 1 fully saturated rings. The lowest BCUT2D eigenvalue weighted by atomic mass is 10.0. The summed E-state index contributed by atoms with van der Waals surface area (Å²) in [5.41, 5.74) is 0. The lowest BCUT2D eigenvalue weighted by molar-refractivity contribution is 0.128. The van der Waals surface area contributed by atoms with Crippen LogP contribution in [-0.2, 0) is 0 Å². The Morgan fingerprint density at radius 3 is 2.16 bits per heavy atom. The lowest BCUT2D eigenvalue weighted by Gasteiger charge is -2.28. The van der Waals surface area contributed by atoms with Crippen LogP contribution in [0.3, 0.4) is 0 Å². The molecule has 19 heavy (non-hydrogen) atoms. The first-order valence-electron chi connectivity index (χ1n) is 6.83. The van der Waals surface area contributed by atoms with Gasteiger partial charge in [-0.3, -0.25) is 0 Å². The van der Waals surface area contributed by atoms with Gasteiger partial charge in [-0.05, 0) is 24.8 Å². The van der Waals surface area contributed by atoms with Crippen LogP contribution in [0.1, 0.15) is 25.7 Å². The van der Waals surface area contributed by atoms with Crippen LogP contribution in [-0.4, -0.2) is 19.3 Å². The van der Waals surface area contributed by atoms with Crippen LogP contribution < -0.4 is 5.19 Å². The fourth-order valence-electron chi connectivity index (χ4n) is 3.04. The van der Waals surface area contributed by atoms with E-state index in [2.05, 4.69) is 43.4 Å². The van der Waals surface area contributed by atoms with E-state index < -0.39 is 8.07 Å². The maximum Gasteiger partial charge on any atom is 0.0831 e. The molecule has 1 aromatic rings. The molecular formula is C15H28OS2Si. The number of aliphatic hydroxyl groups is 1. The molecule has 0 spiro atoms. The monoisotopic (exact) mass is 316 g/mol. The minimum absolute atomic E-state index is 0. The lowest BCUT2D eigenvalue weighted by Crippen LogP contribution is -2.45. The average molecular weight is 317 g/mol. The first-order chi connectivity index (χ1) is 8.09. The van der Waals surface area contributed by atoms with E-state index >= 15 is 0 Å². The van der Waals surface area contributed by atoms with Gasteiger partial charge in [0, 0.05) is 0 Å². The number of rotatable bonds is 4. The summed E-state index contributed by atoms with van der Waals surface area (Å²) in [7, 11) is -1.46. The first-order valence-corrected chi connectivity index (χ1v) is 10.0. The van der Waals surface area contributed by atoms with E-state index in [-0.39, 0.29) is 33.1 Å². The highest BCUT2D eigenvalue weighted by Crippen LogP contribution is 2.31. The predicted octanol–water partition coefficient (Wildman–Crippen LogP) is 3.38. The third-order valence-corrected chi connectivity index (χ3v) is 7.55. The van der Waals surface area contributed by atoms with Gasteiger partial charge >= 0.3 is 0 Å². The molecule has 1 aromatic carbocycles. The van der Waals surface area contributed by atoms with Gasteiger partial charge in [-0.2, -0.15) is 27.0 Å². The molecule has 0 radical (unpaired) electrons. The number of hydrogen-bond acceptors (Lipinski definition) is 1. The third kappa shape index (κ3) is 5.18. The Morgan fingerprint density at radius 1 is 1.11 bits per heavy atom. The van der Waals surface area contributed by atoms with Crippen molar-refractivity contribution < 1.29 is 5.11 Å². The van der Waals surface area contributed by atoms with Crippen molar-refractivity contribution in [3.63, 3.8) is 0 Å². The van der Waals surface area contributed by atoms with Gasteiger partial charge in [0.25, 0.3) is 0 Å². The number of benzene rings is 1. The SMILES string of the molecule is C[Si](C)(C[C@@H](O)C1CCCC1)c1ccccc1.S.S. The largest absolute Gasteiger partial charge is 0.393 e. The van der Waals surface area contributed by atoms with Gasteiger partial charge in [0.15, 0.2) is 0 Å². The second-order valence-corrected chi connectivity index (χ2v) is 10.8. The highest BCUT2D eigenvalue weighted by atomic mass is 32.1. The summed E-state index contributed by atoms with van der Waals surface area (Å²) in [6.07, 6.45) is 5.03. The summed E-state index contributed by atoms with van der Waals surface area (Å²) in [6.45, 7) is 4.75. The second-order valence-electron chi connectivity index (χ2n) is 6.07. The predicted molar refractivity (Wildman–Crippen MR) is 97.1 cm³/mol. The summed E-state index contributed by atoms with van der Waals surface area (Å²) in [5.74, 6) is 0.575. The van der Waals surface area contributed by atoms with Gasteiger partial charge in [0.05, 0.1) is 14.2 Å². The molecule has 4 heteroatoms. The summed E-state index contributed by atoms with van der Waals surface area (Å²) in [6, 6.07) is 11.8. The molecule has 1 N–H and O–H groups in total. The molecule has 0 unspecified atom stereocenters. The fourth-order valence-corrected chi connectivity index (χ4v) is 5.75. The minimum Gasteiger partial charge on any atom is -0.393 e. The van der Waals surface area contributed by atoms with Crippen molar-refractivity contribution in [3.8, 4) is 0 Å². The van der Waals surface area contributed by atoms with Crippen LogP contribution in [0.4, 0.5) is 0 Å². The van der Waals surface area contributed by atoms with Crippen LogP contribution in [0, 0.1) is 5.92 Å². The fraction of sp³-hybridized carbons (Fsp3) is 0.600. The average Bonchev–Trinajstić information content (AvgIpc) is 2.83. The van der Waals surface area contributed by atoms with E-state index in [1.54, 1.807) is 0 Å². The minimum atomic E-state index is -1.46. The van der Waals surface area contributed by atoms with Crippen LogP contribution in [0.25, 0.3) is 0 Å². The van der Waals surface area contributed by atoms with E-state index in [1.807, 2.05) is 0 Å². The summed E-state index contributed by atoms with van der Waals surface area (Å²) < 4.78 is 0.